The monoisotopic (exact) mass is 257 g/mol. The molecule has 0 N–H and O–H groups in total. The van der Waals surface area contributed by atoms with Crippen LogP contribution in [0, 0.1) is 0 Å². The van der Waals surface area contributed by atoms with Crippen molar-refractivity contribution in [3.05, 3.63) is 45.8 Å². The van der Waals surface area contributed by atoms with E-state index in [2.05, 4.69) is 16.1 Å². The predicted molar refractivity (Wildman–Crippen MR) is 57.5 cm³/mol. The lowest BCUT2D eigenvalue weighted by atomic mass is 10.2. The van der Waals surface area contributed by atoms with Crippen molar-refractivity contribution in [2.75, 3.05) is 0 Å². The summed E-state index contributed by atoms with van der Waals surface area (Å²) in [6.07, 6.45) is 1.55. The highest BCUT2D eigenvalue weighted by molar-refractivity contribution is 9.08. The molecule has 2 aromatic rings. The molecule has 0 bridgehead atoms. The van der Waals surface area contributed by atoms with E-state index >= 15 is 0 Å². The Balaban J connectivity index is 3.06. The van der Waals surface area contributed by atoms with Crippen LogP contribution in [-0.4, -0.2) is 3.59 Å². The summed E-state index contributed by atoms with van der Waals surface area (Å²) in [6.45, 7) is 0. The Morgan fingerprint density at radius 1 is 1.23 bits per heavy atom. The first-order valence-electron chi connectivity index (χ1n) is 3.66. The molecule has 0 atom stereocenters. The summed E-state index contributed by atoms with van der Waals surface area (Å²) < 4.78 is 1.30. The number of hydrogen-bond donors (Lipinski definition) is 0. The van der Waals surface area contributed by atoms with Crippen molar-refractivity contribution < 1.29 is 0 Å². The van der Waals surface area contributed by atoms with Crippen molar-refractivity contribution in [2.45, 2.75) is 0 Å². The van der Waals surface area contributed by atoms with Crippen LogP contribution in [0.3, 0.4) is 0 Å². The summed E-state index contributed by atoms with van der Waals surface area (Å²) in [7, 11) is 0. The fourth-order valence-corrected chi connectivity index (χ4v) is 2.00. The number of fused-ring (bicyclic) bond motifs is 1. The van der Waals surface area contributed by atoms with E-state index in [1.807, 2.05) is 18.2 Å². The Morgan fingerprint density at radius 2 is 1.85 bits per heavy atom. The maximum Gasteiger partial charge on any atom is 0.268 e. The smallest absolute Gasteiger partial charge is 0.268 e. The van der Waals surface area contributed by atoms with E-state index in [-0.39, 0.29) is 5.56 Å². The summed E-state index contributed by atoms with van der Waals surface area (Å²) in [5.74, 6) is 0. The highest BCUT2D eigenvalue weighted by Gasteiger charge is 2.04. The first-order chi connectivity index (χ1) is 6.20. The quantitative estimate of drug-likeness (QED) is 0.712. The minimum atomic E-state index is -0.0972. The number of pyridine rings is 1. The Bertz CT molecular complexity index is 520. The molecule has 0 aliphatic carbocycles. The summed E-state index contributed by atoms with van der Waals surface area (Å²) in [6, 6.07) is 7.24. The van der Waals surface area contributed by atoms with Crippen molar-refractivity contribution in [3.63, 3.8) is 0 Å². The molecule has 66 valence electrons. The molecule has 0 aliphatic rings. The van der Waals surface area contributed by atoms with Gasteiger partial charge in [0.15, 0.2) is 0 Å². The fourth-order valence-electron chi connectivity index (χ4n) is 1.22. The molecular weight excluding hydrogens is 253 g/mol. The van der Waals surface area contributed by atoms with E-state index in [4.69, 9.17) is 11.6 Å². The van der Waals surface area contributed by atoms with E-state index in [0.717, 1.165) is 5.39 Å². The summed E-state index contributed by atoms with van der Waals surface area (Å²) in [4.78, 5) is 11.5. The Hall–Kier alpha value is -0.800. The molecule has 13 heavy (non-hydrogen) atoms. The molecule has 2 rings (SSSR count). The van der Waals surface area contributed by atoms with Gasteiger partial charge < -0.3 is 0 Å². The van der Waals surface area contributed by atoms with Crippen molar-refractivity contribution in [3.8, 4) is 0 Å². The molecule has 0 spiro atoms. The predicted octanol–water partition coefficient (Wildman–Crippen LogP) is 2.81. The largest absolute Gasteiger partial charge is 0.268 e. The van der Waals surface area contributed by atoms with Gasteiger partial charge in [0, 0.05) is 17.0 Å². The molecule has 0 fully saturated rings. The Labute approximate surface area is 88.1 Å². The van der Waals surface area contributed by atoms with Gasteiger partial charge in [-0.1, -0.05) is 29.8 Å². The van der Waals surface area contributed by atoms with E-state index in [0.29, 0.717) is 10.4 Å². The van der Waals surface area contributed by atoms with Gasteiger partial charge in [0.1, 0.15) is 0 Å². The number of rotatable bonds is 0. The van der Waals surface area contributed by atoms with Crippen LogP contribution >= 0.6 is 27.7 Å². The zero-order chi connectivity index (χ0) is 9.42. The normalized spacial score (nSPS) is 10.6. The maximum absolute atomic E-state index is 11.5. The van der Waals surface area contributed by atoms with Crippen molar-refractivity contribution in [2.24, 2.45) is 0 Å². The van der Waals surface area contributed by atoms with Crippen molar-refractivity contribution >= 4 is 38.5 Å². The highest BCUT2D eigenvalue weighted by atomic mass is 79.9. The minimum Gasteiger partial charge on any atom is -0.268 e. The Morgan fingerprint density at radius 3 is 2.54 bits per heavy atom. The second kappa shape index (κ2) is 3.16. The molecule has 0 amide bonds. The maximum atomic E-state index is 11.5. The van der Waals surface area contributed by atoms with Gasteiger partial charge in [0.25, 0.3) is 5.56 Å². The molecule has 1 aromatic carbocycles. The first-order valence-corrected chi connectivity index (χ1v) is 4.75. The van der Waals surface area contributed by atoms with E-state index in [9.17, 15) is 4.79 Å². The second-order valence-corrected chi connectivity index (χ2v) is 3.81. The minimum absolute atomic E-state index is 0.0972. The van der Waals surface area contributed by atoms with Crippen LogP contribution in [0.4, 0.5) is 0 Å². The van der Waals surface area contributed by atoms with Crippen LogP contribution in [-0.2, 0) is 0 Å². The number of nitrogens with zero attached hydrogens (tertiary/aromatic N) is 1. The van der Waals surface area contributed by atoms with Gasteiger partial charge in [0.05, 0.1) is 21.2 Å². The zero-order valence-corrected chi connectivity index (χ0v) is 8.84. The van der Waals surface area contributed by atoms with Gasteiger partial charge in [-0.15, -0.1) is 0 Å². The summed E-state index contributed by atoms with van der Waals surface area (Å²) in [5.41, 5.74) is -0.0972. The van der Waals surface area contributed by atoms with E-state index < -0.39 is 0 Å². The standard InChI is InChI=1S/C9H5BrClNO/c10-12-5-8(11)6-3-1-2-4-7(6)9(12)13/h1-5H. The summed E-state index contributed by atoms with van der Waals surface area (Å²) >= 11 is 9.03. The van der Waals surface area contributed by atoms with Gasteiger partial charge in [0.2, 0.25) is 0 Å². The van der Waals surface area contributed by atoms with Gasteiger partial charge in [-0.05, 0) is 6.07 Å². The molecule has 0 saturated heterocycles. The number of hydrogen-bond acceptors (Lipinski definition) is 1. The van der Waals surface area contributed by atoms with Gasteiger partial charge in [-0.2, -0.15) is 0 Å². The third kappa shape index (κ3) is 1.38. The number of aromatic nitrogens is 1. The Kier molecular flexibility index (Phi) is 2.14. The molecule has 1 heterocycles. The summed E-state index contributed by atoms with van der Waals surface area (Å²) in [5, 5.41) is 1.96. The lowest BCUT2D eigenvalue weighted by Gasteiger charge is -2.01. The van der Waals surface area contributed by atoms with Crippen LogP contribution in [0.5, 0.6) is 0 Å². The van der Waals surface area contributed by atoms with E-state index in [1.165, 1.54) is 3.59 Å². The average molecular weight is 259 g/mol. The molecule has 0 aliphatic heterocycles. The lowest BCUT2D eigenvalue weighted by Crippen LogP contribution is -2.11. The van der Waals surface area contributed by atoms with Gasteiger partial charge in [-0.25, -0.2) is 3.59 Å². The van der Waals surface area contributed by atoms with Crippen LogP contribution in [0.1, 0.15) is 0 Å². The third-order valence-electron chi connectivity index (χ3n) is 1.84. The molecule has 0 unspecified atom stereocenters. The highest BCUT2D eigenvalue weighted by Crippen LogP contribution is 2.20. The molecule has 2 nitrogen and oxygen atoms in total. The molecule has 0 saturated carbocycles. The third-order valence-corrected chi connectivity index (χ3v) is 2.66. The fraction of sp³-hybridized carbons (Fsp3) is 0. The second-order valence-electron chi connectivity index (χ2n) is 2.64. The SMILES string of the molecule is O=c1c2ccccc2c(Cl)cn1Br. The van der Waals surface area contributed by atoms with Crippen molar-refractivity contribution in [1.29, 1.82) is 0 Å². The van der Waals surface area contributed by atoms with Crippen LogP contribution in [0.15, 0.2) is 35.3 Å². The molecular formula is C9H5BrClNO. The van der Waals surface area contributed by atoms with Gasteiger partial charge >= 0.3 is 0 Å². The van der Waals surface area contributed by atoms with Crippen LogP contribution in [0.25, 0.3) is 10.8 Å². The zero-order valence-electron chi connectivity index (χ0n) is 6.50. The van der Waals surface area contributed by atoms with Gasteiger partial charge in [-0.3, -0.25) is 4.79 Å². The van der Waals surface area contributed by atoms with Crippen LogP contribution in [0.2, 0.25) is 5.02 Å². The number of benzene rings is 1. The topological polar surface area (TPSA) is 22.0 Å². The lowest BCUT2D eigenvalue weighted by molar-refractivity contribution is 1.21. The van der Waals surface area contributed by atoms with Crippen molar-refractivity contribution in [1.82, 2.24) is 3.59 Å². The number of halogens is 2. The molecule has 0 radical (unpaired) electrons. The average Bonchev–Trinajstić information content (AvgIpc) is 2.15. The van der Waals surface area contributed by atoms with E-state index in [1.54, 1.807) is 12.3 Å². The van der Waals surface area contributed by atoms with Crippen LogP contribution < -0.4 is 5.56 Å². The molecule has 4 heteroatoms. The molecule has 1 aromatic heterocycles. The first kappa shape index (κ1) is 8.78.